The molecule has 1 amide bonds. The number of nitro benzene ring substituents is 1. The van der Waals surface area contributed by atoms with E-state index in [1.807, 2.05) is 30.3 Å². The summed E-state index contributed by atoms with van der Waals surface area (Å²) in [7, 11) is 0. The highest BCUT2D eigenvalue weighted by Crippen LogP contribution is 2.40. The molecule has 3 rings (SSSR count). The van der Waals surface area contributed by atoms with Gasteiger partial charge < -0.3 is 5.32 Å². The Balaban J connectivity index is 1.86. The minimum Gasteiger partial charge on any atom is -0.352 e. The molecule has 1 unspecified atom stereocenters. The minimum atomic E-state index is -0.491. The summed E-state index contributed by atoms with van der Waals surface area (Å²) in [6.07, 6.45) is 2.02. The topological polar surface area (TPSA) is 72.2 Å². The van der Waals surface area contributed by atoms with E-state index in [2.05, 4.69) is 5.32 Å². The first-order valence-corrected chi connectivity index (χ1v) is 8.76. The summed E-state index contributed by atoms with van der Waals surface area (Å²) in [6.45, 7) is 0. The second kappa shape index (κ2) is 7.23. The fourth-order valence-corrected chi connectivity index (χ4v) is 3.58. The van der Waals surface area contributed by atoms with Crippen molar-refractivity contribution in [3.05, 3.63) is 69.2 Å². The zero-order valence-electron chi connectivity index (χ0n) is 12.6. The quantitative estimate of drug-likeness (QED) is 0.470. The summed E-state index contributed by atoms with van der Waals surface area (Å²) < 4.78 is 0. The summed E-state index contributed by atoms with van der Waals surface area (Å²) in [4.78, 5) is 23.6. The van der Waals surface area contributed by atoms with Gasteiger partial charge in [-0.15, -0.1) is 11.8 Å². The van der Waals surface area contributed by atoms with E-state index in [0.29, 0.717) is 4.90 Å². The van der Waals surface area contributed by atoms with Crippen molar-refractivity contribution in [2.45, 2.75) is 29.0 Å². The molecule has 0 spiro atoms. The Kier molecular flexibility index (Phi) is 5.06. The third-order valence-corrected chi connectivity index (χ3v) is 5.39. The van der Waals surface area contributed by atoms with Gasteiger partial charge in [-0.25, -0.2) is 0 Å². The largest absolute Gasteiger partial charge is 0.352 e. The number of nitro groups is 1. The van der Waals surface area contributed by atoms with E-state index in [9.17, 15) is 14.9 Å². The number of hydrogen-bond donors (Lipinski definition) is 1. The summed E-state index contributed by atoms with van der Waals surface area (Å²) in [5.74, 6) is -0.0666. The van der Waals surface area contributed by atoms with Gasteiger partial charge in [0.05, 0.1) is 9.95 Å². The molecule has 0 aliphatic heterocycles. The molecule has 124 valence electrons. The van der Waals surface area contributed by atoms with Crippen LogP contribution in [-0.4, -0.2) is 16.9 Å². The fraction of sp³-hybridized carbons (Fsp3) is 0.235. The van der Waals surface area contributed by atoms with Gasteiger partial charge in [-0.2, -0.15) is 0 Å². The predicted octanol–water partition coefficient (Wildman–Crippen LogP) is 4.36. The molecule has 2 aromatic carbocycles. The van der Waals surface area contributed by atoms with Crippen LogP contribution in [-0.2, 0) is 4.79 Å². The maximum absolute atomic E-state index is 12.6. The van der Waals surface area contributed by atoms with Crippen LogP contribution in [0.15, 0.2) is 53.4 Å². The van der Waals surface area contributed by atoms with Gasteiger partial charge in [0.25, 0.3) is 5.69 Å². The van der Waals surface area contributed by atoms with Crippen molar-refractivity contribution in [3.63, 3.8) is 0 Å². The molecule has 1 saturated carbocycles. The second-order valence-corrected chi connectivity index (χ2v) is 7.12. The molecule has 2 aromatic rings. The van der Waals surface area contributed by atoms with Crippen molar-refractivity contribution in [1.29, 1.82) is 0 Å². The molecular weight excluding hydrogens is 348 g/mol. The number of rotatable bonds is 6. The number of amides is 1. The van der Waals surface area contributed by atoms with Crippen LogP contribution in [0, 0.1) is 10.1 Å². The van der Waals surface area contributed by atoms with E-state index in [1.54, 1.807) is 6.07 Å². The number of thioether (sulfide) groups is 1. The van der Waals surface area contributed by atoms with Crippen molar-refractivity contribution in [2.75, 3.05) is 0 Å². The highest BCUT2D eigenvalue weighted by Gasteiger charge is 2.29. The Hall–Kier alpha value is -2.05. The van der Waals surface area contributed by atoms with Crippen LogP contribution < -0.4 is 5.32 Å². The highest BCUT2D eigenvalue weighted by molar-refractivity contribution is 8.00. The molecule has 1 N–H and O–H groups in total. The second-order valence-electron chi connectivity index (χ2n) is 5.56. The third-order valence-electron chi connectivity index (χ3n) is 3.64. The highest BCUT2D eigenvalue weighted by atomic mass is 35.5. The number of carbonyl (C=O) groups is 1. The molecule has 0 aromatic heterocycles. The standard InChI is InChI=1S/C17H15ClN2O3S/c18-14-10-13(20(22)23)8-9-15(14)24-16(11-4-2-1-3-5-11)17(21)19-12-6-7-12/h1-5,8-10,12,16H,6-7H2,(H,19,21). The predicted molar refractivity (Wildman–Crippen MR) is 94.3 cm³/mol. The van der Waals surface area contributed by atoms with Crippen LogP contribution >= 0.6 is 23.4 Å². The van der Waals surface area contributed by atoms with Gasteiger partial charge in [-0.1, -0.05) is 41.9 Å². The number of halogens is 1. The molecule has 0 radical (unpaired) electrons. The maximum Gasteiger partial charge on any atom is 0.270 e. The molecule has 1 aliphatic rings. The molecule has 0 heterocycles. The first-order valence-electron chi connectivity index (χ1n) is 7.50. The van der Waals surface area contributed by atoms with E-state index in [0.717, 1.165) is 18.4 Å². The van der Waals surface area contributed by atoms with E-state index < -0.39 is 10.2 Å². The summed E-state index contributed by atoms with van der Waals surface area (Å²) in [5, 5.41) is 13.7. The third kappa shape index (κ3) is 4.07. The van der Waals surface area contributed by atoms with Crippen molar-refractivity contribution in [3.8, 4) is 0 Å². The summed E-state index contributed by atoms with van der Waals surface area (Å²) in [6, 6.07) is 14.0. The normalized spacial score (nSPS) is 14.9. The molecule has 7 heteroatoms. The zero-order valence-corrected chi connectivity index (χ0v) is 14.2. The number of hydrogen-bond acceptors (Lipinski definition) is 4. The molecule has 1 atom stereocenters. The lowest BCUT2D eigenvalue weighted by molar-refractivity contribution is -0.384. The lowest BCUT2D eigenvalue weighted by Crippen LogP contribution is -2.29. The van der Waals surface area contributed by atoms with E-state index in [4.69, 9.17) is 11.6 Å². The van der Waals surface area contributed by atoms with Crippen LogP contribution in [0.3, 0.4) is 0 Å². The number of nitrogens with zero attached hydrogens (tertiary/aromatic N) is 1. The molecule has 1 fully saturated rings. The van der Waals surface area contributed by atoms with Gasteiger partial charge in [0.1, 0.15) is 5.25 Å². The van der Waals surface area contributed by atoms with Gasteiger partial charge in [0.2, 0.25) is 5.91 Å². The SMILES string of the molecule is O=C(NC1CC1)C(Sc1ccc([N+](=O)[O-])cc1Cl)c1ccccc1. The first-order chi connectivity index (χ1) is 11.5. The smallest absolute Gasteiger partial charge is 0.270 e. The van der Waals surface area contributed by atoms with E-state index >= 15 is 0 Å². The zero-order chi connectivity index (χ0) is 17.1. The Morgan fingerprint density at radius 3 is 2.54 bits per heavy atom. The van der Waals surface area contributed by atoms with Crippen LogP contribution in [0.5, 0.6) is 0 Å². The van der Waals surface area contributed by atoms with Gasteiger partial charge in [-0.05, 0) is 24.5 Å². The average Bonchev–Trinajstić information content (AvgIpc) is 3.38. The Morgan fingerprint density at radius 1 is 1.25 bits per heavy atom. The van der Waals surface area contributed by atoms with Crippen LogP contribution in [0.4, 0.5) is 5.69 Å². The average molecular weight is 363 g/mol. The number of carbonyl (C=O) groups excluding carboxylic acids is 1. The Labute approximate surface area is 148 Å². The van der Waals surface area contributed by atoms with E-state index in [-0.39, 0.29) is 22.7 Å². The van der Waals surface area contributed by atoms with Gasteiger partial charge in [-0.3, -0.25) is 14.9 Å². The summed E-state index contributed by atoms with van der Waals surface area (Å²) in [5.41, 5.74) is 0.804. The van der Waals surface area contributed by atoms with Crippen molar-refractivity contribution >= 4 is 35.0 Å². The van der Waals surface area contributed by atoms with Crippen LogP contribution in [0.1, 0.15) is 23.7 Å². The van der Waals surface area contributed by atoms with Gasteiger partial charge in [0.15, 0.2) is 0 Å². The minimum absolute atomic E-state index is 0.0666. The number of benzene rings is 2. The van der Waals surface area contributed by atoms with Gasteiger partial charge in [0, 0.05) is 23.1 Å². The lowest BCUT2D eigenvalue weighted by Gasteiger charge is -2.17. The summed E-state index contributed by atoms with van der Waals surface area (Å²) >= 11 is 7.47. The first kappa shape index (κ1) is 16.8. The molecule has 5 nitrogen and oxygen atoms in total. The molecule has 0 saturated heterocycles. The molecule has 0 bridgehead atoms. The van der Waals surface area contributed by atoms with Crippen molar-refractivity contribution < 1.29 is 9.72 Å². The molecular formula is C17H15ClN2O3S. The Morgan fingerprint density at radius 2 is 1.96 bits per heavy atom. The van der Waals surface area contributed by atoms with Crippen LogP contribution in [0.2, 0.25) is 5.02 Å². The maximum atomic E-state index is 12.6. The monoisotopic (exact) mass is 362 g/mol. The van der Waals surface area contributed by atoms with Crippen LogP contribution in [0.25, 0.3) is 0 Å². The number of nitrogens with one attached hydrogen (secondary N) is 1. The molecule has 24 heavy (non-hydrogen) atoms. The Bertz CT molecular complexity index is 766. The van der Waals surface area contributed by atoms with E-state index in [1.165, 1.54) is 23.9 Å². The number of non-ortho nitro benzene ring substituents is 1. The van der Waals surface area contributed by atoms with Crippen molar-refractivity contribution in [1.82, 2.24) is 5.32 Å². The lowest BCUT2D eigenvalue weighted by atomic mass is 10.1. The fourth-order valence-electron chi connectivity index (χ4n) is 2.23. The van der Waals surface area contributed by atoms with Gasteiger partial charge >= 0.3 is 0 Å². The molecule has 1 aliphatic carbocycles. The van der Waals surface area contributed by atoms with Crippen molar-refractivity contribution in [2.24, 2.45) is 0 Å².